The average molecular weight is 322 g/mol. The minimum absolute atomic E-state index is 0.481. The van der Waals surface area contributed by atoms with Crippen molar-refractivity contribution in [3.63, 3.8) is 0 Å². The molecule has 0 saturated carbocycles. The van der Waals surface area contributed by atoms with Crippen LogP contribution in [0.5, 0.6) is 0 Å². The van der Waals surface area contributed by atoms with Crippen LogP contribution in [0.1, 0.15) is 30.5 Å². The number of hydrogen-bond donors (Lipinski definition) is 0. The third-order valence-corrected chi connectivity index (χ3v) is 5.50. The van der Waals surface area contributed by atoms with Crippen LogP contribution in [0.2, 0.25) is 0 Å². The van der Waals surface area contributed by atoms with Crippen LogP contribution in [0, 0.1) is 5.41 Å². The van der Waals surface area contributed by atoms with Gasteiger partial charge in [0.05, 0.1) is 5.69 Å². The molecule has 4 heterocycles. The van der Waals surface area contributed by atoms with Gasteiger partial charge in [0.25, 0.3) is 0 Å². The van der Waals surface area contributed by atoms with Gasteiger partial charge in [0, 0.05) is 44.8 Å². The fourth-order valence-electron chi connectivity index (χ4n) is 4.41. The van der Waals surface area contributed by atoms with Gasteiger partial charge in [0.1, 0.15) is 0 Å². The van der Waals surface area contributed by atoms with Crippen LogP contribution in [0.25, 0.3) is 0 Å². The van der Waals surface area contributed by atoms with E-state index < -0.39 is 0 Å². The zero-order chi connectivity index (χ0) is 16.2. The van der Waals surface area contributed by atoms with E-state index in [1.807, 2.05) is 30.7 Å². The summed E-state index contributed by atoms with van der Waals surface area (Å²) in [6.07, 6.45) is 9.76. The van der Waals surface area contributed by atoms with E-state index in [1.54, 1.807) is 0 Å². The summed E-state index contributed by atoms with van der Waals surface area (Å²) >= 11 is 0. The Kier molecular flexibility index (Phi) is 4.58. The van der Waals surface area contributed by atoms with Gasteiger partial charge in [-0.1, -0.05) is 12.1 Å². The van der Waals surface area contributed by atoms with E-state index in [4.69, 9.17) is 0 Å². The summed E-state index contributed by atoms with van der Waals surface area (Å²) in [5.41, 5.74) is 3.00. The van der Waals surface area contributed by atoms with Crippen LogP contribution < -0.4 is 0 Å². The molecule has 2 aromatic heterocycles. The van der Waals surface area contributed by atoms with Crippen molar-refractivity contribution in [2.75, 3.05) is 26.2 Å². The molecule has 0 aliphatic carbocycles. The van der Waals surface area contributed by atoms with E-state index in [0.717, 1.165) is 13.1 Å². The van der Waals surface area contributed by atoms with Gasteiger partial charge in [-0.15, -0.1) is 0 Å². The van der Waals surface area contributed by atoms with Gasteiger partial charge < -0.3 is 0 Å². The lowest BCUT2D eigenvalue weighted by Crippen LogP contribution is -2.44. The molecule has 126 valence electrons. The maximum atomic E-state index is 4.50. The molecule has 4 nitrogen and oxygen atoms in total. The van der Waals surface area contributed by atoms with Crippen molar-refractivity contribution in [3.05, 3.63) is 60.2 Å². The maximum absolute atomic E-state index is 4.50. The summed E-state index contributed by atoms with van der Waals surface area (Å²) in [7, 11) is 0. The fourth-order valence-corrected chi connectivity index (χ4v) is 4.41. The SMILES string of the molecule is c1ccc(CN2CCCC3(CCN(Cc4cccnc4)C3)C2)nc1. The standard InChI is InChI=1S/C20H26N4/c1-2-10-22-19(6-1)15-23-11-4-7-20(16-23)8-12-24(17-20)14-18-5-3-9-21-13-18/h1-3,5-6,9-10,13H,4,7-8,11-12,14-17H2. The molecular weight excluding hydrogens is 296 g/mol. The van der Waals surface area contributed by atoms with Crippen LogP contribution >= 0.6 is 0 Å². The van der Waals surface area contributed by atoms with E-state index in [2.05, 4.69) is 38.0 Å². The lowest BCUT2D eigenvalue weighted by molar-refractivity contribution is 0.0857. The van der Waals surface area contributed by atoms with Gasteiger partial charge in [-0.05, 0) is 61.5 Å². The highest BCUT2D eigenvalue weighted by Crippen LogP contribution is 2.39. The molecule has 2 fully saturated rings. The van der Waals surface area contributed by atoms with Gasteiger partial charge in [0.2, 0.25) is 0 Å². The summed E-state index contributed by atoms with van der Waals surface area (Å²) < 4.78 is 0. The van der Waals surface area contributed by atoms with Gasteiger partial charge in [-0.2, -0.15) is 0 Å². The molecule has 0 aromatic carbocycles. The van der Waals surface area contributed by atoms with Crippen molar-refractivity contribution in [3.8, 4) is 0 Å². The molecule has 2 aliphatic rings. The van der Waals surface area contributed by atoms with E-state index >= 15 is 0 Å². The number of nitrogens with zero attached hydrogens (tertiary/aromatic N) is 4. The predicted molar refractivity (Wildman–Crippen MR) is 95.3 cm³/mol. The van der Waals surface area contributed by atoms with Crippen molar-refractivity contribution in [2.45, 2.75) is 32.4 Å². The molecule has 2 aliphatic heterocycles. The van der Waals surface area contributed by atoms with Crippen molar-refractivity contribution < 1.29 is 0 Å². The van der Waals surface area contributed by atoms with E-state index in [-0.39, 0.29) is 0 Å². The first-order valence-corrected chi connectivity index (χ1v) is 9.05. The Morgan fingerprint density at radius 2 is 1.83 bits per heavy atom. The number of piperidine rings is 1. The quantitative estimate of drug-likeness (QED) is 0.866. The molecular formula is C20H26N4. The van der Waals surface area contributed by atoms with Crippen molar-refractivity contribution >= 4 is 0 Å². The minimum Gasteiger partial charge on any atom is -0.298 e. The lowest BCUT2D eigenvalue weighted by Gasteiger charge is -2.40. The van der Waals surface area contributed by atoms with Crippen LogP contribution in [0.3, 0.4) is 0 Å². The topological polar surface area (TPSA) is 32.3 Å². The van der Waals surface area contributed by atoms with Gasteiger partial charge in [0.15, 0.2) is 0 Å². The van der Waals surface area contributed by atoms with Crippen LogP contribution in [-0.4, -0.2) is 45.9 Å². The molecule has 0 bridgehead atoms. The molecule has 0 N–H and O–H groups in total. The monoisotopic (exact) mass is 322 g/mol. The zero-order valence-corrected chi connectivity index (χ0v) is 14.3. The van der Waals surface area contributed by atoms with Crippen molar-refractivity contribution in [2.24, 2.45) is 5.41 Å². The molecule has 0 amide bonds. The maximum Gasteiger partial charge on any atom is 0.0543 e. The minimum atomic E-state index is 0.481. The molecule has 4 rings (SSSR count). The Morgan fingerprint density at radius 3 is 2.62 bits per heavy atom. The first-order valence-electron chi connectivity index (χ1n) is 9.05. The molecule has 2 aromatic rings. The van der Waals surface area contributed by atoms with Gasteiger partial charge in [-0.3, -0.25) is 19.8 Å². The van der Waals surface area contributed by atoms with Crippen molar-refractivity contribution in [1.82, 2.24) is 19.8 Å². The third-order valence-electron chi connectivity index (χ3n) is 5.50. The van der Waals surface area contributed by atoms with E-state index in [9.17, 15) is 0 Å². The lowest BCUT2D eigenvalue weighted by atomic mass is 9.79. The van der Waals surface area contributed by atoms with Crippen molar-refractivity contribution in [1.29, 1.82) is 0 Å². The second-order valence-electron chi connectivity index (χ2n) is 7.46. The fraction of sp³-hybridized carbons (Fsp3) is 0.500. The highest BCUT2D eigenvalue weighted by Gasteiger charge is 2.41. The smallest absolute Gasteiger partial charge is 0.0543 e. The summed E-state index contributed by atoms with van der Waals surface area (Å²) in [6, 6.07) is 10.5. The first kappa shape index (κ1) is 15.7. The van der Waals surface area contributed by atoms with Gasteiger partial charge >= 0.3 is 0 Å². The highest BCUT2D eigenvalue weighted by molar-refractivity contribution is 5.09. The Hall–Kier alpha value is -1.78. The second-order valence-corrected chi connectivity index (χ2v) is 7.46. The Labute approximate surface area is 144 Å². The molecule has 24 heavy (non-hydrogen) atoms. The summed E-state index contributed by atoms with van der Waals surface area (Å²) in [4.78, 5) is 14.0. The summed E-state index contributed by atoms with van der Waals surface area (Å²) in [5, 5.41) is 0. The molecule has 4 heteroatoms. The Balaban J connectivity index is 1.37. The predicted octanol–water partition coefficient (Wildman–Crippen LogP) is 2.96. The van der Waals surface area contributed by atoms with E-state index in [1.165, 1.54) is 56.7 Å². The molecule has 1 spiro atoms. The summed E-state index contributed by atoms with van der Waals surface area (Å²) in [5.74, 6) is 0. The number of likely N-dealkylation sites (tertiary alicyclic amines) is 2. The molecule has 1 unspecified atom stereocenters. The number of pyridine rings is 2. The average Bonchev–Trinajstić information content (AvgIpc) is 2.98. The Bertz CT molecular complexity index is 645. The number of hydrogen-bond acceptors (Lipinski definition) is 4. The van der Waals surface area contributed by atoms with Crippen LogP contribution in [0.4, 0.5) is 0 Å². The summed E-state index contributed by atoms with van der Waals surface area (Å²) in [6.45, 7) is 6.89. The highest BCUT2D eigenvalue weighted by atomic mass is 15.2. The van der Waals surface area contributed by atoms with Gasteiger partial charge in [-0.25, -0.2) is 0 Å². The molecule has 2 saturated heterocycles. The zero-order valence-electron chi connectivity index (χ0n) is 14.3. The normalized spacial score (nSPS) is 25.3. The molecule has 1 atom stereocenters. The Morgan fingerprint density at radius 1 is 0.917 bits per heavy atom. The van der Waals surface area contributed by atoms with E-state index in [0.29, 0.717) is 5.41 Å². The molecule has 0 radical (unpaired) electrons. The number of rotatable bonds is 4. The third kappa shape index (κ3) is 3.65. The second kappa shape index (κ2) is 6.99. The number of aromatic nitrogens is 2. The first-order chi connectivity index (χ1) is 11.8. The largest absolute Gasteiger partial charge is 0.298 e. The van der Waals surface area contributed by atoms with Crippen LogP contribution in [0.15, 0.2) is 48.9 Å². The van der Waals surface area contributed by atoms with Crippen LogP contribution in [-0.2, 0) is 13.1 Å².